The Bertz CT molecular complexity index is 591. The second-order valence-corrected chi connectivity index (χ2v) is 6.69. The quantitative estimate of drug-likeness (QED) is 0.848. The molecule has 0 radical (unpaired) electrons. The fraction of sp³-hybridized carbons (Fsp3) is 0.400. The first kappa shape index (κ1) is 15.2. The zero-order chi connectivity index (χ0) is 15.5. The van der Waals surface area contributed by atoms with Crippen LogP contribution in [0.4, 0.5) is 4.39 Å². The largest absolute Gasteiger partial charge is 0.309 e. The standard InChI is InChI=1S/C20H24FN/c1-14(2)17-12-19(15-8-10-18(21)11-9-15)20(22-13-17)16-6-4-3-5-7-16/h3-11,14,17,19-20,22H,12-13H2,1-2H3. The van der Waals surface area contributed by atoms with Crippen LogP contribution in [-0.4, -0.2) is 6.54 Å². The van der Waals surface area contributed by atoms with Crippen LogP contribution >= 0.6 is 0 Å². The zero-order valence-corrected chi connectivity index (χ0v) is 13.3. The second kappa shape index (κ2) is 6.62. The summed E-state index contributed by atoms with van der Waals surface area (Å²) in [5.41, 5.74) is 2.55. The lowest BCUT2D eigenvalue weighted by molar-refractivity contribution is 0.226. The number of hydrogen-bond donors (Lipinski definition) is 1. The van der Waals surface area contributed by atoms with Crippen LogP contribution in [0.5, 0.6) is 0 Å². The molecule has 2 aromatic carbocycles. The number of hydrogen-bond acceptors (Lipinski definition) is 1. The van der Waals surface area contributed by atoms with Crippen LogP contribution in [0.15, 0.2) is 54.6 Å². The van der Waals surface area contributed by atoms with Gasteiger partial charge in [-0.2, -0.15) is 0 Å². The summed E-state index contributed by atoms with van der Waals surface area (Å²) in [5.74, 6) is 1.55. The Labute approximate surface area is 132 Å². The Kier molecular flexibility index (Phi) is 4.58. The van der Waals surface area contributed by atoms with Gasteiger partial charge in [-0.3, -0.25) is 0 Å². The Morgan fingerprint density at radius 3 is 2.27 bits per heavy atom. The molecule has 1 fully saturated rings. The van der Waals surface area contributed by atoms with E-state index in [2.05, 4.69) is 49.5 Å². The first-order valence-corrected chi connectivity index (χ1v) is 8.19. The van der Waals surface area contributed by atoms with Crippen LogP contribution < -0.4 is 5.32 Å². The fourth-order valence-electron chi connectivity index (χ4n) is 3.52. The lowest BCUT2D eigenvalue weighted by Gasteiger charge is -2.39. The molecule has 1 heterocycles. The zero-order valence-electron chi connectivity index (χ0n) is 13.3. The topological polar surface area (TPSA) is 12.0 Å². The SMILES string of the molecule is CC(C)C1CNC(c2ccccc2)C(c2ccc(F)cc2)C1. The molecule has 0 bridgehead atoms. The van der Waals surface area contributed by atoms with Gasteiger partial charge in [-0.05, 0) is 48.1 Å². The number of nitrogens with one attached hydrogen (secondary N) is 1. The van der Waals surface area contributed by atoms with Gasteiger partial charge >= 0.3 is 0 Å². The molecule has 22 heavy (non-hydrogen) atoms. The fourth-order valence-corrected chi connectivity index (χ4v) is 3.52. The second-order valence-electron chi connectivity index (χ2n) is 6.69. The van der Waals surface area contributed by atoms with Gasteiger partial charge < -0.3 is 5.32 Å². The molecular weight excluding hydrogens is 273 g/mol. The van der Waals surface area contributed by atoms with E-state index >= 15 is 0 Å². The number of halogens is 1. The maximum absolute atomic E-state index is 13.3. The predicted molar refractivity (Wildman–Crippen MR) is 89.3 cm³/mol. The van der Waals surface area contributed by atoms with E-state index in [1.807, 2.05) is 12.1 Å². The van der Waals surface area contributed by atoms with E-state index in [0.29, 0.717) is 23.8 Å². The highest BCUT2D eigenvalue weighted by atomic mass is 19.1. The molecule has 3 rings (SSSR count). The minimum atomic E-state index is -0.163. The highest BCUT2D eigenvalue weighted by molar-refractivity contribution is 5.29. The number of piperidine rings is 1. The highest BCUT2D eigenvalue weighted by Crippen LogP contribution is 2.41. The van der Waals surface area contributed by atoms with Crippen molar-refractivity contribution in [1.82, 2.24) is 5.32 Å². The van der Waals surface area contributed by atoms with E-state index in [1.54, 1.807) is 12.1 Å². The number of rotatable bonds is 3. The number of benzene rings is 2. The lowest BCUT2D eigenvalue weighted by Crippen LogP contribution is -2.40. The summed E-state index contributed by atoms with van der Waals surface area (Å²) in [6.45, 7) is 5.63. The van der Waals surface area contributed by atoms with Gasteiger partial charge in [0.25, 0.3) is 0 Å². The predicted octanol–water partition coefficient (Wildman–Crippen LogP) is 4.92. The van der Waals surface area contributed by atoms with Gasteiger partial charge in [0.05, 0.1) is 0 Å². The minimum Gasteiger partial charge on any atom is -0.309 e. The molecule has 0 aliphatic carbocycles. The van der Waals surface area contributed by atoms with Crippen LogP contribution in [0, 0.1) is 17.7 Å². The lowest BCUT2D eigenvalue weighted by atomic mass is 9.74. The summed E-state index contributed by atoms with van der Waals surface area (Å²) in [7, 11) is 0. The van der Waals surface area contributed by atoms with E-state index in [0.717, 1.165) is 13.0 Å². The van der Waals surface area contributed by atoms with Crippen molar-refractivity contribution < 1.29 is 4.39 Å². The van der Waals surface area contributed by atoms with Crippen LogP contribution in [0.2, 0.25) is 0 Å². The third-order valence-electron chi connectivity index (χ3n) is 4.96. The summed E-state index contributed by atoms with van der Waals surface area (Å²) in [6, 6.07) is 18.0. The van der Waals surface area contributed by atoms with Gasteiger partial charge in [0, 0.05) is 12.0 Å². The normalized spacial score (nSPS) is 25.4. The monoisotopic (exact) mass is 297 g/mol. The van der Waals surface area contributed by atoms with Crippen molar-refractivity contribution in [2.24, 2.45) is 11.8 Å². The molecule has 0 spiro atoms. The van der Waals surface area contributed by atoms with Gasteiger partial charge in [0.15, 0.2) is 0 Å². The van der Waals surface area contributed by atoms with Gasteiger partial charge in [-0.1, -0.05) is 56.3 Å². The van der Waals surface area contributed by atoms with Crippen molar-refractivity contribution in [2.45, 2.75) is 32.2 Å². The molecule has 2 aromatic rings. The Balaban J connectivity index is 1.92. The molecule has 0 saturated carbocycles. The molecule has 3 atom stereocenters. The van der Waals surface area contributed by atoms with Crippen molar-refractivity contribution >= 4 is 0 Å². The molecule has 1 aliphatic rings. The molecule has 1 nitrogen and oxygen atoms in total. The Morgan fingerprint density at radius 2 is 1.64 bits per heavy atom. The molecule has 1 N–H and O–H groups in total. The van der Waals surface area contributed by atoms with Gasteiger partial charge in [-0.15, -0.1) is 0 Å². The maximum Gasteiger partial charge on any atom is 0.123 e. The van der Waals surface area contributed by atoms with Crippen molar-refractivity contribution in [3.63, 3.8) is 0 Å². The van der Waals surface area contributed by atoms with Gasteiger partial charge in [0.2, 0.25) is 0 Å². The molecule has 2 heteroatoms. The average molecular weight is 297 g/mol. The van der Waals surface area contributed by atoms with Crippen LogP contribution in [0.3, 0.4) is 0 Å². The maximum atomic E-state index is 13.3. The highest BCUT2D eigenvalue weighted by Gasteiger charge is 2.33. The van der Waals surface area contributed by atoms with E-state index < -0.39 is 0 Å². The molecule has 0 aromatic heterocycles. The third kappa shape index (κ3) is 3.22. The molecule has 3 unspecified atom stereocenters. The summed E-state index contributed by atoms with van der Waals surface area (Å²) in [5, 5.41) is 3.74. The summed E-state index contributed by atoms with van der Waals surface area (Å²) >= 11 is 0. The van der Waals surface area contributed by atoms with Crippen molar-refractivity contribution in [2.75, 3.05) is 6.54 Å². The summed E-state index contributed by atoms with van der Waals surface area (Å²) in [4.78, 5) is 0. The third-order valence-corrected chi connectivity index (χ3v) is 4.96. The van der Waals surface area contributed by atoms with E-state index in [1.165, 1.54) is 11.1 Å². The minimum absolute atomic E-state index is 0.163. The molecule has 1 aliphatic heterocycles. The first-order chi connectivity index (χ1) is 10.6. The molecular formula is C20H24FN. The summed E-state index contributed by atoms with van der Waals surface area (Å²) in [6.07, 6.45) is 1.15. The molecule has 116 valence electrons. The van der Waals surface area contributed by atoms with Crippen molar-refractivity contribution in [1.29, 1.82) is 0 Å². The molecule has 0 amide bonds. The van der Waals surface area contributed by atoms with Gasteiger partial charge in [-0.25, -0.2) is 4.39 Å². The van der Waals surface area contributed by atoms with E-state index in [4.69, 9.17) is 0 Å². The molecule has 1 saturated heterocycles. The summed E-state index contributed by atoms with van der Waals surface area (Å²) < 4.78 is 13.3. The first-order valence-electron chi connectivity index (χ1n) is 8.19. The van der Waals surface area contributed by atoms with Crippen molar-refractivity contribution in [3.05, 3.63) is 71.5 Å². The smallest absolute Gasteiger partial charge is 0.123 e. The van der Waals surface area contributed by atoms with Crippen LogP contribution in [-0.2, 0) is 0 Å². The van der Waals surface area contributed by atoms with Gasteiger partial charge in [0.1, 0.15) is 5.82 Å². The van der Waals surface area contributed by atoms with Crippen molar-refractivity contribution in [3.8, 4) is 0 Å². The van der Waals surface area contributed by atoms with Crippen LogP contribution in [0.25, 0.3) is 0 Å². The van der Waals surface area contributed by atoms with E-state index in [-0.39, 0.29) is 5.82 Å². The van der Waals surface area contributed by atoms with Crippen LogP contribution in [0.1, 0.15) is 43.4 Å². The average Bonchev–Trinajstić information content (AvgIpc) is 2.56. The Hall–Kier alpha value is -1.67. The Morgan fingerprint density at radius 1 is 0.955 bits per heavy atom. The van der Waals surface area contributed by atoms with E-state index in [9.17, 15) is 4.39 Å².